The predicted molar refractivity (Wildman–Crippen MR) is 61.6 cm³/mol. The van der Waals surface area contributed by atoms with Crippen molar-refractivity contribution >= 4 is 17.7 Å². The quantitative estimate of drug-likeness (QED) is 0.478. The molecule has 1 rings (SSSR count). The molecule has 0 radical (unpaired) electrons. The second-order valence-corrected chi connectivity index (χ2v) is 3.51. The number of hydrogen-bond donors (Lipinski definition) is 3. The molecule has 0 saturated carbocycles. The lowest BCUT2D eigenvalue weighted by molar-refractivity contribution is -0.129. The standard InChI is InChI=1S/C9H16N6O/c1-6(8(16)15(2)3)12-7-4-5-11-9(13-7)14-10/h4-6H,10H2,1-3H3,(H2,11,12,13,14). The zero-order valence-corrected chi connectivity index (χ0v) is 9.56. The summed E-state index contributed by atoms with van der Waals surface area (Å²) in [5.41, 5.74) is 2.34. The molecule has 1 aromatic heterocycles. The Morgan fingerprint density at radius 1 is 1.56 bits per heavy atom. The number of nitrogens with two attached hydrogens (primary N) is 1. The number of hydrogen-bond acceptors (Lipinski definition) is 6. The van der Waals surface area contributed by atoms with Gasteiger partial charge in [0.2, 0.25) is 11.9 Å². The minimum absolute atomic E-state index is 0.0270. The second kappa shape index (κ2) is 5.26. The van der Waals surface area contributed by atoms with Crippen molar-refractivity contribution in [2.75, 3.05) is 24.8 Å². The van der Waals surface area contributed by atoms with Gasteiger partial charge in [0.1, 0.15) is 11.9 Å². The Morgan fingerprint density at radius 2 is 2.25 bits per heavy atom. The molecule has 0 aliphatic carbocycles. The summed E-state index contributed by atoms with van der Waals surface area (Å²) in [4.78, 5) is 21.0. The van der Waals surface area contributed by atoms with E-state index in [0.717, 1.165) is 0 Å². The van der Waals surface area contributed by atoms with Crippen LogP contribution < -0.4 is 16.6 Å². The molecular weight excluding hydrogens is 208 g/mol. The smallest absolute Gasteiger partial charge is 0.244 e. The number of hydrazine groups is 1. The van der Waals surface area contributed by atoms with E-state index in [-0.39, 0.29) is 11.9 Å². The van der Waals surface area contributed by atoms with Crippen LogP contribution in [0.25, 0.3) is 0 Å². The van der Waals surface area contributed by atoms with E-state index in [0.29, 0.717) is 11.8 Å². The number of amides is 1. The van der Waals surface area contributed by atoms with Crippen LogP contribution in [0.3, 0.4) is 0 Å². The molecule has 0 fully saturated rings. The minimum atomic E-state index is -0.351. The average Bonchev–Trinajstić information content (AvgIpc) is 2.28. The first-order chi connectivity index (χ1) is 7.54. The van der Waals surface area contributed by atoms with Gasteiger partial charge in [0.25, 0.3) is 0 Å². The van der Waals surface area contributed by atoms with E-state index in [1.165, 1.54) is 4.90 Å². The molecule has 0 aliphatic heterocycles. The Balaban J connectivity index is 2.69. The Hall–Kier alpha value is -1.89. The molecule has 0 spiro atoms. The van der Waals surface area contributed by atoms with Gasteiger partial charge in [-0.3, -0.25) is 10.2 Å². The van der Waals surface area contributed by atoms with Crippen molar-refractivity contribution in [2.45, 2.75) is 13.0 Å². The SMILES string of the molecule is CC(Nc1ccnc(NN)n1)C(=O)N(C)C. The molecule has 0 bridgehead atoms. The monoisotopic (exact) mass is 224 g/mol. The Bertz CT molecular complexity index is 367. The molecule has 0 aliphatic rings. The summed E-state index contributed by atoms with van der Waals surface area (Å²) in [6.45, 7) is 1.76. The minimum Gasteiger partial charge on any atom is -0.358 e. The Morgan fingerprint density at radius 3 is 2.81 bits per heavy atom. The van der Waals surface area contributed by atoms with E-state index in [1.54, 1.807) is 33.3 Å². The molecule has 1 aromatic rings. The summed E-state index contributed by atoms with van der Waals surface area (Å²) in [6, 6.07) is 1.32. The maximum atomic E-state index is 11.6. The maximum Gasteiger partial charge on any atom is 0.244 e. The van der Waals surface area contributed by atoms with Gasteiger partial charge in [-0.2, -0.15) is 4.98 Å². The van der Waals surface area contributed by atoms with E-state index < -0.39 is 0 Å². The van der Waals surface area contributed by atoms with Crippen LogP contribution >= 0.6 is 0 Å². The van der Waals surface area contributed by atoms with Crippen molar-refractivity contribution in [3.05, 3.63) is 12.3 Å². The summed E-state index contributed by atoms with van der Waals surface area (Å²) < 4.78 is 0. The highest BCUT2D eigenvalue weighted by molar-refractivity contribution is 5.83. The van der Waals surface area contributed by atoms with Gasteiger partial charge >= 0.3 is 0 Å². The van der Waals surface area contributed by atoms with Crippen LogP contribution in [-0.2, 0) is 4.79 Å². The topological polar surface area (TPSA) is 96.2 Å². The predicted octanol–water partition coefficient (Wildman–Crippen LogP) is -0.349. The summed E-state index contributed by atoms with van der Waals surface area (Å²) in [7, 11) is 3.40. The van der Waals surface area contributed by atoms with Crippen molar-refractivity contribution in [3.63, 3.8) is 0 Å². The first kappa shape index (κ1) is 12.2. The van der Waals surface area contributed by atoms with E-state index in [9.17, 15) is 4.79 Å². The second-order valence-electron chi connectivity index (χ2n) is 3.51. The molecule has 1 atom stereocenters. The fourth-order valence-corrected chi connectivity index (χ4v) is 1.18. The third-order valence-corrected chi connectivity index (χ3v) is 1.96. The van der Waals surface area contributed by atoms with E-state index >= 15 is 0 Å². The van der Waals surface area contributed by atoms with Crippen LogP contribution in [0.2, 0.25) is 0 Å². The van der Waals surface area contributed by atoms with Gasteiger partial charge < -0.3 is 10.2 Å². The molecule has 0 aromatic carbocycles. The number of nitrogen functional groups attached to an aromatic ring is 1. The highest BCUT2D eigenvalue weighted by atomic mass is 16.2. The normalized spacial score (nSPS) is 11.8. The third-order valence-electron chi connectivity index (χ3n) is 1.96. The van der Waals surface area contributed by atoms with Crippen molar-refractivity contribution in [3.8, 4) is 0 Å². The summed E-state index contributed by atoms with van der Waals surface area (Å²) >= 11 is 0. The molecular formula is C9H16N6O. The molecule has 7 heteroatoms. The fourth-order valence-electron chi connectivity index (χ4n) is 1.18. The number of nitrogens with zero attached hydrogens (tertiary/aromatic N) is 3. The number of nitrogens with one attached hydrogen (secondary N) is 2. The lowest BCUT2D eigenvalue weighted by atomic mass is 10.3. The van der Waals surface area contributed by atoms with Gasteiger partial charge in [0.05, 0.1) is 0 Å². The van der Waals surface area contributed by atoms with Gasteiger partial charge in [-0.1, -0.05) is 0 Å². The first-order valence-electron chi connectivity index (χ1n) is 4.82. The van der Waals surface area contributed by atoms with E-state index in [4.69, 9.17) is 5.84 Å². The Labute approximate surface area is 94.0 Å². The summed E-state index contributed by atoms with van der Waals surface area (Å²) in [5, 5.41) is 2.96. The van der Waals surface area contributed by atoms with E-state index in [1.807, 2.05) is 0 Å². The lowest BCUT2D eigenvalue weighted by Crippen LogP contribution is -2.36. The number of likely N-dealkylation sites (N-methyl/N-ethyl adjacent to an activating group) is 1. The molecule has 1 unspecified atom stereocenters. The van der Waals surface area contributed by atoms with Gasteiger partial charge in [0, 0.05) is 20.3 Å². The van der Waals surface area contributed by atoms with E-state index in [2.05, 4.69) is 20.7 Å². The van der Waals surface area contributed by atoms with Crippen LogP contribution in [0.4, 0.5) is 11.8 Å². The van der Waals surface area contributed by atoms with Crippen LogP contribution in [0.5, 0.6) is 0 Å². The van der Waals surface area contributed by atoms with Crippen molar-refractivity contribution < 1.29 is 4.79 Å². The van der Waals surface area contributed by atoms with Crippen LogP contribution in [0.1, 0.15) is 6.92 Å². The van der Waals surface area contributed by atoms with Gasteiger partial charge in [-0.15, -0.1) is 0 Å². The number of carbonyl (C=O) groups is 1. The lowest BCUT2D eigenvalue weighted by Gasteiger charge is -2.18. The Kier molecular flexibility index (Phi) is 4.01. The highest BCUT2D eigenvalue weighted by Gasteiger charge is 2.14. The van der Waals surface area contributed by atoms with Crippen LogP contribution in [-0.4, -0.2) is 40.9 Å². The van der Waals surface area contributed by atoms with Crippen molar-refractivity contribution in [2.24, 2.45) is 5.84 Å². The number of aromatic nitrogens is 2. The van der Waals surface area contributed by atoms with Crippen LogP contribution in [0, 0.1) is 0 Å². The largest absolute Gasteiger partial charge is 0.358 e. The van der Waals surface area contributed by atoms with Crippen molar-refractivity contribution in [1.29, 1.82) is 0 Å². The molecule has 1 amide bonds. The summed E-state index contributed by atoms with van der Waals surface area (Å²) in [5.74, 6) is 6.00. The zero-order valence-electron chi connectivity index (χ0n) is 9.56. The third kappa shape index (κ3) is 3.06. The zero-order chi connectivity index (χ0) is 12.1. The van der Waals surface area contributed by atoms with Crippen molar-refractivity contribution in [1.82, 2.24) is 14.9 Å². The number of anilines is 2. The molecule has 4 N–H and O–H groups in total. The first-order valence-corrected chi connectivity index (χ1v) is 4.82. The molecule has 1 heterocycles. The number of carbonyl (C=O) groups excluding carboxylic acids is 1. The van der Waals surface area contributed by atoms with Gasteiger partial charge in [-0.05, 0) is 13.0 Å². The maximum absolute atomic E-state index is 11.6. The summed E-state index contributed by atoms with van der Waals surface area (Å²) in [6.07, 6.45) is 1.55. The highest BCUT2D eigenvalue weighted by Crippen LogP contribution is 2.06. The fraction of sp³-hybridized carbons (Fsp3) is 0.444. The molecule has 0 saturated heterocycles. The molecule has 16 heavy (non-hydrogen) atoms. The average molecular weight is 224 g/mol. The number of rotatable bonds is 4. The molecule has 88 valence electrons. The van der Waals surface area contributed by atoms with Crippen LogP contribution in [0.15, 0.2) is 12.3 Å². The molecule has 7 nitrogen and oxygen atoms in total. The van der Waals surface area contributed by atoms with Gasteiger partial charge in [-0.25, -0.2) is 10.8 Å². The van der Waals surface area contributed by atoms with Gasteiger partial charge in [0.15, 0.2) is 0 Å².